The number of ether oxygens (including phenoxy) is 2. The molecule has 0 amide bonds. The van der Waals surface area contributed by atoms with E-state index in [2.05, 4.69) is 24.3 Å². The minimum absolute atomic E-state index is 0.293. The molecule has 1 aliphatic carbocycles. The molecule has 2 aliphatic rings. The van der Waals surface area contributed by atoms with Crippen LogP contribution >= 0.6 is 0 Å². The Morgan fingerprint density at radius 3 is 2.67 bits per heavy atom. The molecule has 24 heavy (non-hydrogen) atoms. The molecule has 0 saturated heterocycles. The van der Waals surface area contributed by atoms with Crippen molar-refractivity contribution in [2.45, 2.75) is 6.10 Å². The van der Waals surface area contributed by atoms with Crippen molar-refractivity contribution in [1.82, 2.24) is 0 Å². The molecule has 1 atom stereocenters. The van der Waals surface area contributed by atoms with Gasteiger partial charge < -0.3 is 14.6 Å². The molecule has 118 valence electrons. The quantitative estimate of drug-likeness (QED) is 0.780. The van der Waals surface area contributed by atoms with Crippen LogP contribution in [0.1, 0.15) is 16.7 Å². The molecule has 1 aliphatic heterocycles. The first kappa shape index (κ1) is 13.6. The first-order chi connectivity index (χ1) is 11.8. The number of benzene rings is 3. The number of methoxy groups -OCH3 is 1. The summed E-state index contributed by atoms with van der Waals surface area (Å²) >= 11 is 0. The van der Waals surface area contributed by atoms with E-state index in [0.717, 1.165) is 39.3 Å². The number of hydrogen-bond donors (Lipinski definition) is 1. The summed E-state index contributed by atoms with van der Waals surface area (Å²) in [7, 11) is 1.66. The Bertz CT molecular complexity index is 1000. The van der Waals surface area contributed by atoms with Crippen LogP contribution in [-0.2, 0) is 0 Å². The zero-order chi connectivity index (χ0) is 16.3. The number of aliphatic hydroxyl groups is 1. The largest absolute Gasteiger partial charge is 0.497 e. The Labute approximate surface area is 139 Å². The molecule has 0 aromatic heterocycles. The average Bonchev–Trinajstić information content (AvgIpc) is 2.99. The standard InChI is InChI=1S/C21H16O3/c1-23-14-8-5-13(6-9-14)18-15-4-2-3-12-7-10-17-21(19(12)15)20(18)16(22)11-24-17/h2-10,16,22H,11H2,1H3. The first-order valence-electron chi connectivity index (χ1n) is 8.04. The Morgan fingerprint density at radius 1 is 1.04 bits per heavy atom. The highest BCUT2D eigenvalue weighted by Crippen LogP contribution is 2.51. The molecule has 0 saturated carbocycles. The number of hydrogen-bond acceptors (Lipinski definition) is 3. The fraction of sp³-hybridized carbons (Fsp3) is 0.143. The summed E-state index contributed by atoms with van der Waals surface area (Å²) in [5, 5.41) is 13.0. The van der Waals surface area contributed by atoms with Crippen molar-refractivity contribution in [2.24, 2.45) is 0 Å². The molecule has 0 fully saturated rings. The van der Waals surface area contributed by atoms with Crippen LogP contribution < -0.4 is 9.47 Å². The van der Waals surface area contributed by atoms with E-state index < -0.39 is 6.10 Å². The maximum absolute atomic E-state index is 10.7. The Kier molecular flexibility index (Phi) is 2.76. The van der Waals surface area contributed by atoms with Gasteiger partial charge >= 0.3 is 0 Å². The number of aliphatic hydroxyl groups excluding tert-OH is 1. The van der Waals surface area contributed by atoms with E-state index in [0.29, 0.717) is 6.61 Å². The maximum atomic E-state index is 10.7. The second kappa shape index (κ2) is 4.86. The first-order valence-corrected chi connectivity index (χ1v) is 8.04. The van der Waals surface area contributed by atoms with Crippen LogP contribution in [0.25, 0.3) is 21.9 Å². The predicted molar refractivity (Wildman–Crippen MR) is 94.4 cm³/mol. The lowest BCUT2D eigenvalue weighted by Crippen LogP contribution is -2.24. The third-order valence-corrected chi connectivity index (χ3v) is 4.92. The topological polar surface area (TPSA) is 38.7 Å². The summed E-state index contributed by atoms with van der Waals surface area (Å²) in [5.41, 5.74) is 5.37. The summed E-state index contributed by atoms with van der Waals surface area (Å²) in [6.07, 6.45) is -0.618. The van der Waals surface area contributed by atoms with Gasteiger partial charge in [0.15, 0.2) is 0 Å². The van der Waals surface area contributed by atoms with Crippen LogP contribution in [-0.4, -0.2) is 24.9 Å². The molecular weight excluding hydrogens is 300 g/mol. The molecule has 3 aromatic carbocycles. The minimum Gasteiger partial charge on any atom is -0.497 e. The minimum atomic E-state index is -0.618. The lowest BCUT2D eigenvalue weighted by atomic mass is 9.93. The van der Waals surface area contributed by atoms with Gasteiger partial charge in [-0.1, -0.05) is 36.4 Å². The van der Waals surface area contributed by atoms with E-state index in [1.165, 1.54) is 10.8 Å². The van der Waals surface area contributed by atoms with Crippen LogP contribution in [0.2, 0.25) is 0 Å². The molecular formula is C21H16O3. The summed E-state index contributed by atoms with van der Waals surface area (Å²) in [6, 6.07) is 18.4. The lowest BCUT2D eigenvalue weighted by molar-refractivity contribution is 0.143. The Hall–Kier alpha value is -2.78. The SMILES string of the molecule is COc1ccc(C2=C3c4c(ccc5cccc2c45)OCC3O)cc1. The van der Waals surface area contributed by atoms with E-state index in [1.807, 2.05) is 30.3 Å². The van der Waals surface area contributed by atoms with Gasteiger partial charge in [-0.25, -0.2) is 0 Å². The predicted octanol–water partition coefficient (Wildman–Crippen LogP) is 3.87. The van der Waals surface area contributed by atoms with Gasteiger partial charge in [0.25, 0.3) is 0 Å². The molecule has 1 heterocycles. The van der Waals surface area contributed by atoms with E-state index >= 15 is 0 Å². The molecule has 1 N–H and O–H groups in total. The van der Waals surface area contributed by atoms with Gasteiger partial charge in [-0.15, -0.1) is 0 Å². The van der Waals surface area contributed by atoms with Gasteiger partial charge in [-0.2, -0.15) is 0 Å². The fourth-order valence-electron chi connectivity index (χ4n) is 3.88. The molecule has 0 radical (unpaired) electrons. The molecule has 0 bridgehead atoms. The van der Waals surface area contributed by atoms with Gasteiger partial charge in [0.05, 0.1) is 7.11 Å². The van der Waals surface area contributed by atoms with Gasteiger partial charge in [0.2, 0.25) is 0 Å². The highest BCUT2D eigenvalue weighted by atomic mass is 16.5. The van der Waals surface area contributed by atoms with E-state index in [9.17, 15) is 5.11 Å². The van der Waals surface area contributed by atoms with Crippen molar-refractivity contribution >= 4 is 21.9 Å². The Balaban J connectivity index is 1.85. The van der Waals surface area contributed by atoms with Crippen LogP contribution in [0, 0.1) is 0 Å². The van der Waals surface area contributed by atoms with E-state index in [4.69, 9.17) is 9.47 Å². The smallest absolute Gasteiger partial charge is 0.127 e. The molecule has 5 rings (SSSR count). The lowest BCUT2D eigenvalue weighted by Gasteiger charge is -2.24. The van der Waals surface area contributed by atoms with Gasteiger partial charge in [-0.3, -0.25) is 0 Å². The van der Waals surface area contributed by atoms with Crippen molar-refractivity contribution in [3.05, 3.63) is 71.3 Å². The third kappa shape index (κ3) is 1.70. The highest BCUT2D eigenvalue weighted by molar-refractivity contribution is 6.19. The van der Waals surface area contributed by atoms with Crippen molar-refractivity contribution < 1.29 is 14.6 Å². The third-order valence-electron chi connectivity index (χ3n) is 4.92. The molecule has 3 nitrogen and oxygen atoms in total. The van der Waals surface area contributed by atoms with E-state index in [1.54, 1.807) is 7.11 Å². The highest BCUT2D eigenvalue weighted by Gasteiger charge is 2.35. The number of rotatable bonds is 2. The van der Waals surface area contributed by atoms with Crippen LogP contribution in [0.4, 0.5) is 0 Å². The van der Waals surface area contributed by atoms with Crippen molar-refractivity contribution in [3.63, 3.8) is 0 Å². The molecule has 3 aromatic rings. The summed E-state index contributed by atoms with van der Waals surface area (Å²) in [6.45, 7) is 0.293. The second-order valence-electron chi connectivity index (χ2n) is 6.19. The van der Waals surface area contributed by atoms with Crippen LogP contribution in [0.5, 0.6) is 11.5 Å². The monoisotopic (exact) mass is 316 g/mol. The fourth-order valence-corrected chi connectivity index (χ4v) is 3.88. The van der Waals surface area contributed by atoms with Crippen molar-refractivity contribution in [3.8, 4) is 11.5 Å². The Morgan fingerprint density at radius 2 is 1.88 bits per heavy atom. The second-order valence-corrected chi connectivity index (χ2v) is 6.19. The summed E-state index contributed by atoms with van der Waals surface area (Å²) < 4.78 is 11.0. The van der Waals surface area contributed by atoms with Crippen LogP contribution in [0.3, 0.4) is 0 Å². The summed E-state index contributed by atoms with van der Waals surface area (Å²) in [5.74, 6) is 1.69. The zero-order valence-corrected chi connectivity index (χ0v) is 13.2. The average molecular weight is 316 g/mol. The molecule has 1 unspecified atom stereocenters. The maximum Gasteiger partial charge on any atom is 0.127 e. The zero-order valence-electron chi connectivity index (χ0n) is 13.2. The van der Waals surface area contributed by atoms with E-state index in [-0.39, 0.29) is 0 Å². The van der Waals surface area contributed by atoms with Crippen LogP contribution in [0.15, 0.2) is 54.6 Å². The van der Waals surface area contributed by atoms with Gasteiger partial charge in [-0.05, 0) is 40.3 Å². The summed E-state index contributed by atoms with van der Waals surface area (Å²) in [4.78, 5) is 0. The van der Waals surface area contributed by atoms with Crippen molar-refractivity contribution in [2.75, 3.05) is 13.7 Å². The van der Waals surface area contributed by atoms with Gasteiger partial charge in [0.1, 0.15) is 24.2 Å². The van der Waals surface area contributed by atoms with Crippen molar-refractivity contribution in [1.29, 1.82) is 0 Å². The van der Waals surface area contributed by atoms with Gasteiger partial charge in [0, 0.05) is 16.5 Å². The normalized spacial score (nSPS) is 18.0. The molecule has 3 heteroatoms. The molecule has 0 spiro atoms.